The average molecular weight is 366 g/mol. The third kappa shape index (κ3) is 5.06. The molecular formula is C21H26N4O2. The molecule has 1 aromatic heterocycles. The summed E-state index contributed by atoms with van der Waals surface area (Å²) in [6.07, 6.45) is 2.06. The molecule has 0 unspecified atom stereocenters. The van der Waals surface area contributed by atoms with Crippen molar-refractivity contribution in [1.29, 1.82) is 0 Å². The number of aromatic nitrogens is 1. The van der Waals surface area contributed by atoms with Gasteiger partial charge in [-0.2, -0.15) is 0 Å². The predicted molar refractivity (Wildman–Crippen MR) is 106 cm³/mol. The Morgan fingerprint density at radius 3 is 2.41 bits per heavy atom. The summed E-state index contributed by atoms with van der Waals surface area (Å²) < 4.78 is 0. The van der Waals surface area contributed by atoms with Gasteiger partial charge in [0.2, 0.25) is 11.8 Å². The second-order valence-corrected chi connectivity index (χ2v) is 6.95. The van der Waals surface area contributed by atoms with E-state index in [9.17, 15) is 9.59 Å². The molecule has 0 spiro atoms. The van der Waals surface area contributed by atoms with Crippen LogP contribution in [0.2, 0.25) is 0 Å². The zero-order valence-electron chi connectivity index (χ0n) is 15.9. The fourth-order valence-electron chi connectivity index (χ4n) is 3.22. The van der Waals surface area contributed by atoms with Crippen molar-refractivity contribution >= 4 is 17.6 Å². The summed E-state index contributed by atoms with van der Waals surface area (Å²) in [4.78, 5) is 33.2. The van der Waals surface area contributed by atoms with Crippen molar-refractivity contribution in [3.8, 4) is 0 Å². The maximum Gasteiger partial charge on any atom is 0.244 e. The van der Waals surface area contributed by atoms with Crippen molar-refractivity contribution in [2.24, 2.45) is 0 Å². The molecule has 1 fully saturated rings. The minimum absolute atomic E-state index is 0.0343. The fraction of sp³-hybridized carbons (Fsp3) is 0.381. The molecule has 2 aromatic rings. The lowest BCUT2D eigenvalue weighted by Gasteiger charge is -2.36. The van der Waals surface area contributed by atoms with Gasteiger partial charge in [0.25, 0.3) is 0 Å². The van der Waals surface area contributed by atoms with Crippen LogP contribution < -0.4 is 10.2 Å². The molecule has 1 aliphatic rings. The van der Waals surface area contributed by atoms with Gasteiger partial charge in [-0.15, -0.1) is 0 Å². The minimum Gasteiger partial charge on any atom is -0.353 e. The molecule has 2 heterocycles. The van der Waals surface area contributed by atoms with E-state index < -0.39 is 6.04 Å². The molecule has 0 bridgehead atoms. The van der Waals surface area contributed by atoms with Gasteiger partial charge in [0.05, 0.1) is 6.42 Å². The van der Waals surface area contributed by atoms with Gasteiger partial charge in [0.15, 0.2) is 0 Å². The Kier molecular flexibility index (Phi) is 6.06. The van der Waals surface area contributed by atoms with E-state index >= 15 is 0 Å². The van der Waals surface area contributed by atoms with Crippen LogP contribution >= 0.6 is 0 Å². The van der Waals surface area contributed by atoms with Gasteiger partial charge < -0.3 is 15.1 Å². The van der Waals surface area contributed by atoms with Crippen molar-refractivity contribution in [3.05, 3.63) is 59.8 Å². The molecule has 1 N–H and O–H groups in total. The normalized spacial score (nSPS) is 15.3. The molecule has 0 aliphatic carbocycles. The molecule has 1 aromatic carbocycles. The first-order chi connectivity index (χ1) is 13.0. The van der Waals surface area contributed by atoms with E-state index in [-0.39, 0.29) is 18.2 Å². The fourth-order valence-corrected chi connectivity index (χ4v) is 3.22. The number of rotatable bonds is 5. The monoisotopic (exact) mass is 366 g/mol. The number of benzene rings is 1. The lowest BCUT2D eigenvalue weighted by molar-refractivity contribution is -0.136. The van der Waals surface area contributed by atoms with Crippen molar-refractivity contribution in [2.75, 3.05) is 31.1 Å². The van der Waals surface area contributed by atoms with Crippen LogP contribution in [-0.4, -0.2) is 53.9 Å². The lowest BCUT2D eigenvalue weighted by atomic mass is 10.1. The Morgan fingerprint density at radius 1 is 1.07 bits per heavy atom. The topological polar surface area (TPSA) is 65.5 Å². The van der Waals surface area contributed by atoms with E-state index in [2.05, 4.69) is 15.2 Å². The van der Waals surface area contributed by atoms with Crippen LogP contribution in [0.15, 0.2) is 48.7 Å². The highest BCUT2D eigenvalue weighted by molar-refractivity contribution is 5.88. The number of hydrogen-bond acceptors (Lipinski definition) is 4. The number of amides is 2. The van der Waals surface area contributed by atoms with Gasteiger partial charge in [-0.3, -0.25) is 9.59 Å². The van der Waals surface area contributed by atoms with E-state index in [1.165, 1.54) is 0 Å². The van der Waals surface area contributed by atoms with Crippen LogP contribution in [0, 0.1) is 6.92 Å². The Bertz CT molecular complexity index is 769. The molecule has 1 atom stereocenters. The number of piperazine rings is 1. The number of aryl methyl sites for hydroxylation is 1. The Hall–Kier alpha value is -2.89. The highest BCUT2D eigenvalue weighted by Gasteiger charge is 2.26. The molecule has 6 heteroatoms. The van der Waals surface area contributed by atoms with Crippen LogP contribution in [0.1, 0.15) is 18.1 Å². The van der Waals surface area contributed by atoms with E-state index in [0.717, 1.165) is 30.0 Å². The number of nitrogens with zero attached hydrogens (tertiary/aromatic N) is 3. The third-order valence-corrected chi connectivity index (χ3v) is 4.80. The number of carbonyl (C=O) groups is 2. The molecule has 0 saturated carbocycles. The smallest absolute Gasteiger partial charge is 0.244 e. The molecule has 3 rings (SSSR count). The van der Waals surface area contributed by atoms with Gasteiger partial charge in [-0.05, 0) is 31.5 Å². The van der Waals surface area contributed by atoms with Crippen LogP contribution in [0.5, 0.6) is 0 Å². The summed E-state index contributed by atoms with van der Waals surface area (Å²) in [5, 5.41) is 2.83. The molecule has 0 radical (unpaired) electrons. The zero-order valence-corrected chi connectivity index (χ0v) is 15.9. The first kappa shape index (κ1) is 18.9. The first-order valence-corrected chi connectivity index (χ1v) is 9.32. The Labute approximate surface area is 160 Å². The van der Waals surface area contributed by atoms with Crippen molar-refractivity contribution in [3.63, 3.8) is 0 Å². The van der Waals surface area contributed by atoms with Crippen molar-refractivity contribution in [1.82, 2.24) is 15.2 Å². The van der Waals surface area contributed by atoms with Crippen LogP contribution in [0.25, 0.3) is 0 Å². The highest BCUT2D eigenvalue weighted by atomic mass is 16.2. The number of pyridine rings is 1. The van der Waals surface area contributed by atoms with Crippen LogP contribution in [0.3, 0.4) is 0 Å². The summed E-state index contributed by atoms with van der Waals surface area (Å²) in [7, 11) is 0. The van der Waals surface area contributed by atoms with Gasteiger partial charge in [-0.25, -0.2) is 4.98 Å². The quantitative estimate of drug-likeness (QED) is 0.876. The third-order valence-electron chi connectivity index (χ3n) is 4.80. The predicted octanol–water partition coefficient (Wildman–Crippen LogP) is 1.79. The van der Waals surface area contributed by atoms with E-state index in [1.807, 2.05) is 54.3 Å². The van der Waals surface area contributed by atoms with Crippen molar-refractivity contribution < 1.29 is 9.59 Å². The molecule has 2 amide bonds. The maximum absolute atomic E-state index is 12.7. The van der Waals surface area contributed by atoms with Crippen molar-refractivity contribution in [2.45, 2.75) is 26.3 Å². The largest absolute Gasteiger partial charge is 0.353 e. The average Bonchev–Trinajstić information content (AvgIpc) is 2.70. The van der Waals surface area contributed by atoms with Gasteiger partial charge in [0, 0.05) is 32.4 Å². The summed E-state index contributed by atoms with van der Waals surface area (Å²) in [6.45, 7) is 6.51. The molecule has 1 aliphatic heterocycles. The van der Waals surface area contributed by atoms with E-state index in [0.29, 0.717) is 13.1 Å². The molecule has 27 heavy (non-hydrogen) atoms. The van der Waals surface area contributed by atoms with Crippen LogP contribution in [0.4, 0.5) is 5.82 Å². The highest BCUT2D eigenvalue weighted by Crippen LogP contribution is 2.13. The minimum atomic E-state index is -0.524. The molecular weight excluding hydrogens is 340 g/mol. The van der Waals surface area contributed by atoms with E-state index in [4.69, 9.17) is 0 Å². The first-order valence-electron chi connectivity index (χ1n) is 9.32. The number of hydrogen-bond donors (Lipinski definition) is 1. The zero-order chi connectivity index (χ0) is 19.2. The van der Waals surface area contributed by atoms with Gasteiger partial charge >= 0.3 is 0 Å². The lowest BCUT2D eigenvalue weighted by Crippen LogP contribution is -2.54. The summed E-state index contributed by atoms with van der Waals surface area (Å²) in [5.41, 5.74) is 2.11. The summed E-state index contributed by atoms with van der Waals surface area (Å²) >= 11 is 0. The van der Waals surface area contributed by atoms with E-state index in [1.54, 1.807) is 13.1 Å². The maximum atomic E-state index is 12.7. The SMILES string of the molecule is Cc1ccc(CC(=O)N[C@H](C)C(=O)N2CCN(c3ccccn3)CC2)cc1. The summed E-state index contributed by atoms with van der Waals surface area (Å²) in [5.74, 6) is 0.767. The second kappa shape index (κ2) is 8.66. The molecule has 1 saturated heterocycles. The molecule has 6 nitrogen and oxygen atoms in total. The molecule has 142 valence electrons. The Balaban J connectivity index is 1.47. The second-order valence-electron chi connectivity index (χ2n) is 6.95. The number of nitrogens with one attached hydrogen (secondary N) is 1. The van der Waals surface area contributed by atoms with Gasteiger partial charge in [0.1, 0.15) is 11.9 Å². The van der Waals surface area contributed by atoms with Gasteiger partial charge in [-0.1, -0.05) is 35.9 Å². The standard InChI is InChI=1S/C21H26N4O2/c1-16-6-8-18(9-7-16)15-20(26)23-17(2)21(27)25-13-11-24(12-14-25)19-5-3-4-10-22-19/h3-10,17H,11-15H2,1-2H3,(H,23,26)/t17-/m1/s1. The number of carbonyl (C=O) groups excluding carboxylic acids is 2. The number of anilines is 1. The van der Waals surface area contributed by atoms with Crippen LogP contribution in [-0.2, 0) is 16.0 Å². The summed E-state index contributed by atoms with van der Waals surface area (Å²) in [6, 6.07) is 13.2. The Morgan fingerprint density at radius 2 is 1.78 bits per heavy atom.